The molecule has 1 aromatic heterocycles. The monoisotopic (exact) mass is 1100 g/mol. The molecule has 0 aromatic carbocycles. The number of rotatable bonds is 25. The Balaban J connectivity index is 0. The lowest BCUT2D eigenvalue weighted by Crippen LogP contribution is -2.37. The molecule has 10 N–H and O–H groups in total. The van der Waals surface area contributed by atoms with Crippen LogP contribution in [0.4, 0.5) is 0 Å². The van der Waals surface area contributed by atoms with Gasteiger partial charge in [0.2, 0.25) is 0 Å². The van der Waals surface area contributed by atoms with E-state index in [-0.39, 0.29) is 0 Å². The second kappa shape index (κ2) is 35.9. The number of phosphoric ester groups is 2. The molecule has 28 nitrogen and oxygen atoms in total. The summed E-state index contributed by atoms with van der Waals surface area (Å²) in [4.78, 5) is 72.8. The summed E-state index contributed by atoms with van der Waals surface area (Å²) < 4.78 is 78.1. The third kappa shape index (κ3) is 27.9. The second-order valence-corrected chi connectivity index (χ2v) is 21.0. The lowest BCUT2D eigenvalue weighted by molar-refractivity contribution is -0.132. The standard InChI is InChI=1S/C14H24N2O22P4.4C6H15N/c17-7-1-2-16(14(23)15-7)12-10(20)8(18)5(34-12)3-32-39(24,25)36-41(28,29)38-42(30,31)37-40(26,27)33-4-6-9(19)11(21)13(22)35-6;4*1-4-7(5-2)6-3/h1-2,5-6,8-13,18-22H,3-4H2,(H,24,25)(H,26,27)(H,28,29)(H,30,31)(H,15,17,23);4*4-6H2,1-3H3/t5-,6-,8-,9-,10-,11-,12-,13-;;;;/m1..../s1. The van der Waals surface area contributed by atoms with Gasteiger partial charge >= 0.3 is 37.0 Å². The summed E-state index contributed by atoms with van der Waals surface area (Å²) >= 11 is 0. The Morgan fingerprint density at radius 1 is 0.500 bits per heavy atom. The van der Waals surface area contributed by atoms with Crippen LogP contribution in [0.5, 0.6) is 0 Å². The minimum absolute atomic E-state index is 0.651. The van der Waals surface area contributed by atoms with Gasteiger partial charge in [-0.1, -0.05) is 83.1 Å². The number of ether oxygens (including phenoxy) is 2. The van der Waals surface area contributed by atoms with E-state index in [0.29, 0.717) is 4.57 Å². The van der Waals surface area contributed by atoms with E-state index in [4.69, 9.17) is 4.74 Å². The number of nitrogens with one attached hydrogen (secondary N) is 1. The van der Waals surface area contributed by atoms with Crippen LogP contribution in [0.1, 0.15) is 89.3 Å². The number of aliphatic hydroxyl groups excluding tert-OH is 5. The first-order chi connectivity index (χ1) is 32.5. The van der Waals surface area contributed by atoms with E-state index < -0.39 is 105 Å². The number of hydrogen-bond donors (Lipinski definition) is 10. The van der Waals surface area contributed by atoms with Crippen LogP contribution in [-0.2, 0) is 49.7 Å². The van der Waals surface area contributed by atoms with Crippen LogP contribution < -0.4 is 11.2 Å². The molecule has 3 rings (SSSR count). The fraction of sp³-hybridized carbons (Fsp3) is 0.895. The van der Waals surface area contributed by atoms with Crippen LogP contribution in [0.2, 0.25) is 0 Å². The molecule has 3 heterocycles. The van der Waals surface area contributed by atoms with Crippen LogP contribution in [0.3, 0.4) is 0 Å². The first kappa shape index (κ1) is 70.9. The largest absolute Gasteiger partial charge is 0.490 e. The van der Waals surface area contributed by atoms with E-state index in [0.717, 1.165) is 12.3 Å². The molecule has 12 atom stereocenters. The quantitative estimate of drug-likeness (QED) is 0.0620. The SMILES string of the molecule is CCN(CC)CC.CCN(CC)CC.CCN(CC)CC.CCN(CC)CC.O=c1ccn([C@@H]2O[C@H](COP(=O)(O)OP(=O)(O)OP(=O)(O)OP(=O)(O)OC[C@H]3O[C@@H](O)[C@H](O)[C@@H]3O)[C@@H](O)[C@H]2O)c(=O)[nH]1. The zero-order chi connectivity index (χ0) is 54.6. The van der Waals surface area contributed by atoms with E-state index in [2.05, 4.69) is 129 Å². The summed E-state index contributed by atoms with van der Waals surface area (Å²) in [6, 6.07) is 0.874. The van der Waals surface area contributed by atoms with E-state index in [1.807, 2.05) is 4.98 Å². The highest BCUT2D eigenvalue weighted by Gasteiger charge is 2.49. The van der Waals surface area contributed by atoms with Crippen molar-refractivity contribution in [3.63, 3.8) is 0 Å². The lowest BCUT2D eigenvalue weighted by atomic mass is 10.1. The summed E-state index contributed by atoms with van der Waals surface area (Å²) in [6.45, 7) is 38.2. The summed E-state index contributed by atoms with van der Waals surface area (Å²) in [7, 11) is -23.8. The smallest absolute Gasteiger partial charge is 0.387 e. The lowest BCUT2D eigenvalue weighted by Gasteiger charge is -2.21. The molecule has 70 heavy (non-hydrogen) atoms. The fourth-order valence-electron chi connectivity index (χ4n) is 6.08. The van der Waals surface area contributed by atoms with Crippen molar-refractivity contribution in [2.75, 3.05) is 91.8 Å². The Labute approximate surface area is 411 Å². The van der Waals surface area contributed by atoms with Crippen molar-refractivity contribution in [1.29, 1.82) is 0 Å². The third-order valence-electron chi connectivity index (χ3n) is 10.6. The highest BCUT2D eigenvalue weighted by atomic mass is 31.3. The molecule has 2 saturated heterocycles. The fourth-order valence-corrected chi connectivity index (χ4v) is 11.0. The normalized spacial score (nSPS) is 25.5. The molecule has 0 bridgehead atoms. The van der Waals surface area contributed by atoms with E-state index in [1.54, 1.807) is 0 Å². The molecule has 0 aliphatic carbocycles. The highest BCUT2D eigenvalue weighted by molar-refractivity contribution is 7.69. The van der Waals surface area contributed by atoms with Crippen LogP contribution in [0.15, 0.2) is 21.9 Å². The number of aliphatic hydroxyl groups is 5. The highest BCUT2D eigenvalue weighted by Crippen LogP contribution is 2.71. The molecule has 4 unspecified atom stereocenters. The van der Waals surface area contributed by atoms with Gasteiger partial charge in [-0.25, -0.2) is 23.1 Å². The van der Waals surface area contributed by atoms with Crippen molar-refractivity contribution in [3.8, 4) is 0 Å². The average molecular weight is 1100 g/mol. The minimum atomic E-state index is -6.17. The molecule has 2 fully saturated rings. The number of nitrogens with zero attached hydrogens (tertiary/aromatic N) is 5. The maximum absolute atomic E-state index is 12.1. The average Bonchev–Trinajstić information content (AvgIpc) is 3.71. The molecule has 0 radical (unpaired) electrons. The van der Waals surface area contributed by atoms with E-state index in [9.17, 15) is 73.0 Å². The zero-order valence-corrected chi connectivity index (χ0v) is 46.1. The van der Waals surface area contributed by atoms with Gasteiger partial charge in [0.1, 0.15) is 36.6 Å². The third-order valence-corrected chi connectivity index (χ3v) is 16.5. The Bertz CT molecular complexity index is 1790. The molecule has 2 aliphatic rings. The Kier molecular flexibility index (Phi) is 36.3. The number of hydrogen-bond acceptors (Lipinski definition) is 22. The summed E-state index contributed by atoms with van der Waals surface area (Å²) in [5.74, 6) is 0. The first-order valence-corrected chi connectivity index (χ1v) is 29.2. The molecule has 0 amide bonds. The number of phosphoric acid groups is 4. The van der Waals surface area contributed by atoms with Crippen LogP contribution in [0.25, 0.3) is 0 Å². The molecule has 418 valence electrons. The van der Waals surface area contributed by atoms with Crippen molar-refractivity contribution < 1.29 is 94.8 Å². The summed E-state index contributed by atoms with van der Waals surface area (Å²) in [5, 5.41) is 48.4. The van der Waals surface area contributed by atoms with Crippen molar-refractivity contribution in [2.24, 2.45) is 0 Å². The summed E-state index contributed by atoms with van der Waals surface area (Å²) in [5.41, 5.74) is -1.87. The molecule has 0 saturated carbocycles. The molecule has 0 spiro atoms. The maximum atomic E-state index is 12.1. The molecular formula is C38H84N6O22P4. The van der Waals surface area contributed by atoms with Gasteiger partial charge in [-0.3, -0.25) is 23.4 Å². The van der Waals surface area contributed by atoms with Crippen LogP contribution in [0, 0.1) is 0 Å². The van der Waals surface area contributed by atoms with Crippen molar-refractivity contribution in [1.82, 2.24) is 29.2 Å². The second-order valence-electron chi connectivity index (χ2n) is 14.8. The molecular weight excluding hydrogens is 1020 g/mol. The van der Waals surface area contributed by atoms with Crippen LogP contribution in [-0.4, -0.2) is 209 Å². The van der Waals surface area contributed by atoms with Gasteiger partial charge in [0, 0.05) is 12.3 Å². The topological polar surface area (TPSA) is 383 Å². The van der Waals surface area contributed by atoms with Crippen molar-refractivity contribution >= 4 is 31.3 Å². The van der Waals surface area contributed by atoms with Crippen molar-refractivity contribution in [2.45, 2.75) is 132 Å². The predicted molar refractivity (Wildman–Crippen MR) is 258 cm³/mol. The van der Waals surface area contributed by atoms with Gasteiger partial charge < -0.3 is 74.2 Å². The van der Waals surface area contributed by atoms with Gasteiger partial charge in [0.05, 0.1) is 13.2 Å². The van der Waals surface area contributed by atoms with Crippen molar-refractivity contribution in [3.05, 3.63) is 33.1 Å². The van der Waals surface area contributed by atoms with E-state index >= 15 is 0 Å². The Morgan fingerprint density at radius 3 is 1.07 bits per heavy atom. The number of aromatic amines is 1. The maximum Gasteiger partial charge on any atom is 0.490 e. The molecule has 1 aromatic rings. The molecule has 2 aliphatic heterocycles. The summed E-state index contributed by atoms with van der Waals surface area (Å²) in [6.07, 6.45) is -13.4. The number of H-pyrrole nitrogens is 1. The Morgan fingerprint density at radius 2 is 0.800 bits per heavy atom. The van der Waals surface area contributed by atoms with Crippen LogP contribution >= 0.6 is 31.3 Å². The Hall–Kier alpha value is -1.20. The zero-order valence-electron chi connectivity index (χ0n) is 42.5. The van der Waals surface area contributed by atoms with E-state index in [1.165, 1.54) is 78.5 Å². The van der Waals surface area contributed by atoms with Gasteiger partial charge in [-0.2, -0.15) is 12.9 Å². The molecule has 32 heteroatoms. The van der Waals surface area contributed by atoms with Gasteiger partial charge in [0.15, 0.2) is 12.5 Å². The predicted octanol–water partition coefficient (Wildman–Crippen LogP) is 1.47. The first-order valence-electron chi connectivity index (χ1n) is 23.2. The van der Waals surface area contributed by atoms with Gasteiger partial charge in [-0.05, 0) is 78.5 Å². The van der Waals surface area contributed by atoms with Gasteiger partial charge in [-0.15, -0.1) is 0 Å². The minimum Gasteiger partial charge on any atom is -0.387 e. The number of aromatic nitrogens is 2. The van der Waals surface area contributed by atoms with Gasteiger partial charge in [0.25, 0.3) is 5.56 Å².